The summed E-state index contributed by atoms with van der Waals surface area (Å²) in [6.45, 7) is 2.04. The van der Waals surface area contributed by atoms with Crippen molar-refractivity contribution in [3.63, 3.8) is 0 Å². The molecule has 0 spiro atoms. The molecule has 0 heterocycles. The van der Waals surface area contributed by atoms with Gasteiger partial charge in [0, 0.05) is 22.7 Å². The zero-order valence-electron chi connectivity index (χ0n) is 18.7. The van der Waals surface area contributed by atoms with Gasteiger partial charge in [0.15, 0.2) is 0 Å². The van der Waals surface area contributed by atoms with E-state index in [1.165, 1.54) is 36.0 Å². The number of nitrogens with two attached hydrogens (primary N) is 1. The number of carbonyl (C=O) groups is 2. The average molecular weight is 498 g/mol. The van der Waals surface area contributed by atoms with E-state index < -0.39 is 15.3 Å². The van der Waals surface area contributed by atoms with Crippen molar-refractivity contribution in [2.45, 2.75) is 41.2 Å². The van der Waals surface area contributed by atoms with E-state index in [4.69, 9.17) is 5.14 Å². The smallest absolute Gasteiger partial charge is 0.242 e. The summed E-state index contributed by atoms with van der Waals surface area (Å²) < 4.78 is 22.9. The molecule has 1 atom stereocenters. The molecule has 0 aromatic heterocycles. The topological polar surface area (TPSA) is 118 Å². The summed E-state index contributed by atoms with van der Waals surface area (Å²) in [4.78, 5) is 26.0. The van der Waals surface area contributed by atoms with Crippen molar-refractivity contribution >= 4 is 45.0 Å². The molecule has 34 heavy (non-hydrogen) atoms. The molecule has 3 aromatic rings. The largest absolute Gasteiger partial charge is 0.326 e. The minimum atomic E-state index is -3.81. The molecule has 0 saturated carbocycles. The number of nitrogens with one attached hydrogen (secondary N) is 2. The quantitative estimate of drug-likeness (QED) is 0.343. The van der Waals surface area contributed by atoms with E-state index in [1.54, 1.807) is 0 Å². The van der Waals surface area contributed by atoms with Crippen molar-refractivity contribution in [2.75, 3.05) is 10.6 Å². The van der Waals surface area contributed by atoms with Crippen molar-refractivity contribution in [2.24, 2.45) is 5.14 Å². The van der Waals surface area contributed by atoms with Gasteiger partial charge in [-0.15, -0.1) is 11.8 Å². The predicted molar refractivity (Wildman–Crippen MR) is 136 cm³/mol. The number of benzene rings is 3. The summed E-state index contributed by atoms with van der Waals surface area (Å²) in [7, 11) is -3.81. The van der Waals surface area contributed by atoms with Crippen molar-refractivity contribution < 1.29 is 18.0 Å². The summed E-state index contributed by atoms with van der Waals surface area (Å²) >= 11 is 1.38. The zero-order valence-corrected chi connectivity index (χ0v) is 20.4. The highest BCUT2D eigenvalue weighted by Crippen LogP contribution is 2.36. The molecule has 7 nitrogen and oxygen atoms in total. The fourth-order valence-corrected chi connectivity index (χ4v) is 4.69. The number of anilines is 2. The molecule has 1 unspecified atom stereocenters. The number of unbranched alkanes of at least 4 members (excludes halogenated alkanes) is 1. The first kappa shape index (κ1) is 25.5. The number of hydrogen-bond acceptors (Lipinski definition) is 5. The third-order valence-corrected chi connectivity index (χ3v) is 7.14. The second-order valence-electron chi connectivity index (χ2n) is 7.64. The fourth-order valence-electron chi connectivity index (χ4n) is 3.15. The lowest BCUT2D eigenvalue weighted by atomic mass is 10.1. The van der Waals surface area contributed by atoms with Crippen LogP contribution in [0.25, 0.3) is 0 Å². The van der Waals surface area contributed by atoms with E-state index in [9.17, 15) is 18.0 Å². The highest BCUT2D eigenvalue weighted by Gasteiger charge is 2.22. The van der Waals surface area contributed by atoms with Crippen molar-refractivity contribution in [1.29, 1.82) is 0 Å². The number of sulfonamides is 1. The lowest BCUT2D eigenvalue weighted by Crippen LogP contribution is -2.19. The molecule has 4 N–H and O–H groups in total. The van der Waals surface area contributed by atoms with Crippen LogP contribution in [0.1, 0.15) is 37.0 Å². The van der Waals surface area contributed by atoms with Crippen LogP contribution in [0.15, 0.2) is 88.7 Å². The van der Waals surface area contributed by atoms with Gasteiger partial charge in [0.1, 0.15) is 5.25 Å². The van der Waals surface area contributed by atoms with Gasteiger partial charge < -0.3 is 10.6 Å². The SMILES string of the molecule is CCCCC(=O)Nc1ccc(SC(C(=O)Nc2ccc(S(N)(=O)=O)cc2)c2ccccc2)cc1. The second kappa shape index (κ2) is 11.8. The Balaban J connectivity index is 1.74. The van der Waals surface area contributed by atoms with Gasteiger partial charge in [-0.25, -0.2) is 13.6 Å². The molecule has 3 aromatic carbocycles. The van der Waals surface area contributed by atoms with E-state index in [0.717, 1.165) is 23.3 Å². The van der Waals surface area contributed by atoms with Crippen LogP contribution in [0.5, 0.6) is 0 Å². The first-order valence-corrected chi connectivity index (χ1v) is 13.2. The van der Waals surface area contributed by atoms with E-state index in [2.05, 4.69) is 10.6 Å². The summed E-state index contributed by atoms with van der Waals surface area (Å²) in [5.74, 6) is -0.270. The zero-order chi connectivity index (χ0) is 24.6. The van der Waals surface area contributed by atoms with Crippen LogP contribution in [0.4, 0.5) is 11.4 Å². The molecule has 0 fully saturated rings. The number of rotatable bonds is 10. The van der Waals surface area contributed by atoms with Crippen LogP contribution in [0.3, 0.4) is 0 Å². The van der Waals surface area contributed by atoms with Crippen LogP contribution >= 0.6 is 11.8 Å². The predicted octanol–water partition coefficient (Wildman–Crippen LogP) is 4.93. The van der Waals surface area contributed by atoms with Gasteiger partial charge in [-0.1, -0.05) is 43.7 Å². The van der Waals surface area contributed by atoms with Crippen LogP contribution in [0.2, 0.25) is 0 Å². The van der Waals surface area contributed by atoms with Gasteiger partial charge in [-0.05, 0) is 60.5 Å². The minimum Gasteiger partial charge on any atom is -0.326 e. The van der Waals surface area contributed by atoms with Gasteiger partial charge in [-0.2, -0.15) is 0 Å². The first-order valence-electron chi connectivity index (χ1n) is 10.8. The third kappa shape index (κ3) is 7.44. The molecule has 0 aliphatic rings. The molecule has 2 amide bonds. The Morgan fingerprint density at radius 1 is 0.882 bits per heavy atom. The molecule has 0 saturated heterocycles. The number of hydrogen-bond donors (Lipinski definition) is 3. The number of thioether (sulfide) groups is 1. The maximum atomic E-state index is 13.2. The number of carbonyl (C=O) groups excluding carboxylic acids is 2. The third-order valence-electron chi connectivity index (χ3n) is 4.94. The number of amides is 2. The Morgan fingerprint density at radius 2 is 1.47 bits per heavy atom. The average Bonchev–Trinajstić information content (AvgIpc) is 2.82. The first-order chi connectivity index (χ1) is 16.3. The molecule has 178 valence electrons. The van der Waals surface area contributed by atoms with Gasteiger partial charge in [0.2, 0.25) is 21.8 Å². The summed E-state index contributed by atoms with van der Waals surface area (Å²) in [6, 6.07) is 22.4. The molecule has 0 aliphatic carbocycles. The maximum absolute atomic E-state index is 13.2. The molecule has 9 heteroatoms. The monoisotopic (exact) mass is 497 g/mol. The normalized spacial score (nSPS) is 12.1. The van der Waals surface area contributed by atoms with Crippen molar-refractivity contribution in [3.05, 3.63) is 84.4 Å². The van der Waals surface area contributed by atoms with Crippen molar-refractivity contribution in [1.82, 2.24) is 0 Å². The summed E-state index contributed by atoms with van der Waals surface area (Å²) in [5.41, 5.74) is 1.99. The van der Waals surface area contributed by atoms with Gasteiger partial charge >= 0.3 is 0 Å². The Morgan fingerprint density at radius 3 is 2.06 bits per heavy atom. The van der Waals surface area contributed by atoms with Gasteiger partial charge in [-0.3, -0.25) is 9.59 Å². The Labute approximate surface area is 204 Å². The van der Waals surface area contributed by atoms with E-state index in [-0.39, 0.29) is 16.7 Å². The molecule has 0 aliphatic heterocycles. The molecule has 3 rings (SSSR count). The van der Waals surface area contributed by atoms with Crippen molar-refractivity contribution in [3.8, 4) is 0 Å². The molecule has 0 bridgehead atoms. The van der Waals surface area contributed by atoms with Crippen LogP contribution in [-0.4, -0.2) is 20.2 Å². The number of primary sulfonamides is 1. The maximum Gasteiger partial charge on any atom is 0.242 e. The molecular weight excluding hydrogens is 470 g/mol. The van der Waals surface area contributed by atoms with Gasteiger partial charge in [0.25, 0.3) is 0 Å². The standard InChI is InChI=1S/C25H27N3O4S2/c1-2-3-9-23(29)27-19-10-14-21(15-11-19)33-24(18-7-5-4-6-8-18)25(30)28-20-12-16-22(17-13-20)34(26,31)32/h4-8,10-17,24H,2-3,9H2,1H3,(H,27,29)(H,28,30)(H2,26,31,32). The van der Waals surface area contributed by atoms with E-state index in [1.807, 2.05) is 61.5 Å². The minimum absolute atomic E-state index is 0.0164. The lowest BCUT2D eigenvalue weighted by Gasteiger charge is -2.17. The summed E-state index contributed by atoms with van der Waals surface area (Å²) in [6.07, 6.45) is 2.29. The van der Waals surface area contributed by atoms with E-state index >= 15 is 0 Å². The fraction of sp³-hybridized carbons (Fsp3) is 0.200. The Hall–Kier alpha value is -3.14. The van der Waals surface area contributed by atoms with Crippen LogP contribution in [0, 0.1) is 0 Å². The lowest BCUT2D eigenvalue weighted by molar-refractivity contribution is -0.116. The van der Waals surface area contributed by atoms with Gasteiger partial charge in [0.05, 0.1) is 4.90 Å². The second-order valence-corrected chi connectivity index (χ2v) is 10.4. The molecule has 0 radical (unpaired) electrons. The van der Waals surface area contributed by atoms with Crippen LogP contribution < -0.4 is 15.8 Å². The Kier molecular flexibility index (Phi) is 8.86. The highest BCUT2D eigenvalue weighted by molar-refractivity contribution is 8.00. The van der Waals surface area contributed by atoms with E-state index in [0.29, 0.717) is 17.8 Å². The van der Waals surface area contributed by atoms with Crippen LogP contribution in [-0.2, 0) is 19.6 Å². The summed E-state index contributed by atoms with van der Waals surface area (Å²) in [5, 5.41) is 10.3. The molecular formula is C25H27N3O4S2. The highest BCUT2D eigenvalue weighted by atomic mass is 32.2. The Bertz CT molecular complexity index is 1210.